The normalized spacial score (nSPS) is 21.5. The van der Waals surface area contributed by atoms with Crippen LogP contribution >= 0.6 is 10.9 Å². The lowest BCUT2D eigenvalue weighted by molar-refractivity contribution is 0.324. The lowest BCUT2D eigenvalue weighted by atomic mass is 10.6. The van der Waals surface area contributed by atoms with E-state index in [-0.39, 0.29) is 5.44 Å². The molecular weight excluding hydrogens is 184 g/mol. The van der Waals surface area contributed by atoms with Crippen LogP contribution in [-0.4, -0.2) is 13.9 Å². The number of rotatable bonds is 3. The number of hydrogen-bond donors (Lipinski definition) is 2. The molecule has 1 rings (SSSR count). The van der Waals surface area contributed by atoms with E-state index in [1.807, 2.05) is 23.0 Å². The highest BCUT2D eigenvalue weighted by atomic mass is 32.2. The van der Waals surface area contributed by atoms with E-state index in [2.05, 4.69) is 4.18 Å². The maximum Gasteiger partial charge on any atom is 0.258 e. The van der Waals surface area contributed by atoms with Gasteiger partial charge in [-0.3, -0.25) is 4.18 Å². The first-order valence-electron chi connectivity index (χ1n) is 3.14. The van der Waals surface area contributed by atoms with Gasteiger partial charge in [-0.15, -0.1) is 0 Å². The third-order valence-electron chi connectivity index (χ3n) is 1.29. The van der Waals surface area contributed by atoms with Crippen LogP contribution in [-0.2, 0) is 15.2 Å². The number of thiol groups is 2. The first kappa shape index (κ1) is 8.83. The van der Waals surface area contributed by atoms with Gasteiger partial charge in [0.25, 0.3) is 11.0 Å². The molecule has 0 spiro atoms. The van der Waals surface area contributed by atoms with Crippen LogP contribution in [0.4, 0.5) is 0 Å². The molecule has 1 unspecified atom stereocenters. The molecular formula is C6H10O3S2. The van der Waals surface area contributed by atoms with Crippen LogP contribution in [0.3, 0.4) is 0 Å². The van der Waals surface area contributed by atoms with Gasteiger partial charge in [-0.05, 0) is 17.7 Å². The SMILES string of the molecule is CC(O[SH](=O)=O)[SH]1C=CC=C1. The van der Waals surface area contributed by atoms with Gasteiger partial charge in [0.2, 0.25) is 0 Å². The zero-order valence-electron chi connectivity index (χ0n) is 6.01. The second kappa shape index (κ2) is 3.94. The minimum absolute atomic E-state index is 0.221. The van der Waals surface area contributed by atoms with Crippen LogP contribution in [0.2, 0.25) is 0 Å². The summed E-state index contributed by atoms with van der Waals surface area (Å²) >= 11 is 0. The molecule has 3 nitrogen and oxygen atoms in total. The molecule has 0 radical (unpaired) electrons. The summed E-state index contributed by atoms with van der Waals surface area (Å²) in [5, 5.41) is 3.94. The molecule has 0 saturated heterocycles. The van der Waals surface area contributed by atoms with Crippen molar-refractivity contribution in [3.63, 3.8) is 0 Å². The summed E-state index contributed by atoms with van der Waals surface area (Å²) in [5.41, 5.74) is -0.221. The molecule has 0 aromatic rings. The van der Waals surface area contributed by atoms with E-state index in [1.54, 1.807) is 6.92 Å². The second-order valence-corrected chi connectivity index (χ2v) is 4.93. The molecule has 1 heterocycles. The molecule has 0 saturated carbocycles. The Morgan fingerprint density at radius 2 is 1.91 bits per heavy atom. The van der Waals surface area contributed by atoms with E-state index >= 15 is 0 Å². The summed E-state index contributed by atoms with van der Waals surface area (Å²) in [4.78, 5) is 0. The Labute approximate surface area is 70.2 Å². The molecule has 0 aromatic carbocycles. The Bertz CT molecular complexity index is 235. The van der Waals surface area contributed by atoms with Gasteiger partial charge in [0, 0.05) is 0 Å². The standard InChI is InChI=1S/C6H10O3S2/c1-6(9-11(7)8)10-4-2-3-5-10/h2-6,10-11H,1H3. The van der Waals surface area contributed by atoms with Gasteiger partial charge in [-0.25, -0.2) is 8.42 Å². The van der Waals surface area contributed by atoms with Crippen LogP contribution in [0.25, 0.3) is 0 Å². The molecule has 11 heavy (non-hydrogen) atoms. The Morgan fingerprint density at radius 1 is 1.36 bits per heavy atom. The van der Waals surface area contributed by atoms with Crippen molar-refractivity contribution < 1.29 is 12.6 Å². The van der Waals surface area contributed by atoms with Gasteiger partial charge in [0.1, 0.15) is 5.44 Å². The fraction of sp³-hybridized carbons (Fsp3) is 0.333. The highest BCUT2D eigenvalue weighted by molar-refractivity contribution is 8.22. The molecule has 1 atom stereocenters. The van der Waals surface area contributed by atoms with E-state index in [1.165, 1.54) is 0 Å². The van der Waals surface area contributed by atoms with Crippen LogP contribution in [0.15, 0.2) is 23.0 Å². The molecule has 0 aliphatic carbocycles. The molecule has 0 amide bonds. The van der Waals surface area contributed by atoms with E-state index < -0.39 is 21.9 Å². The van der Waals surface area contributed by atoms with Crippen molar-refractivity contribution >= 4 is 21.9 Å². The minimum Gasteiger partial charge on any atom is -0.259 e. The zero-order valence-corrected chi connectivity index (χ0v) is 7.79. The largest absolute Gasteiger partial charge is 0.259 e. The van der Waals surface area contributed by atoms with E-state index in [9.17, 15) is 8.42 Å². The topological polar surface area (TPSA) is 43.4 Å². The quantitative estimate of drug-likeness (QED) is 0.656. The number of hydrogen-bond acceptors (Lipinski definition) is 3. The summed E-state index contributed by atoms with van der Waals surface area (Å²) in [6.07, 6.45) is 3.81. The van der Waals surface area contributed by atoms with Crippen molar-refractivity contribution in [1.82, 2.24) is 0 Å². The van der Waals surface area contributed by atoms with E-state index in [4.69, 9.17) is 0 Å². The Hall–Kier alpha value is -0.260. The first-order chi connectivity index (χ1) is 5.20. The van der Waals surface area contributed by atoms with Gasteiger partial charge in [-0.2, -0.15) is 10.9 Å². The first-order valence-corrected chi connectivity index (χ1v) is 5.78. The average Bonchev–Trinajstić information content (AvgIpc) is 2.35. The highest BCUT2D eigenvalue weighted by Crippen LogP contribution is 2.38. The van der Waals surface area contributed by atoms with Crippen LogP contribution in [0.1, 0.15) is 6.92 Å². The maximum absolute atomic E-state index is 10.1. The molecule has 5 heteroatoms. The van der Waals surface area contributed by atoms with E-state index in [0.29, 0.717) is 0 Å². The third-order valence-corrected chi connectivity index (χ3v) is 3.92. The van der Waals surface area contributed by atoms with Crippen LogP contribution in [0, 0.1) is 0 Å². The summed E-state index contributed by atoms with van der Waals surface area (Å²) in [7, 11) is -3.21. The summed E-state index contributed by atoms with van der Waals surface area (Å²) < 4.78 is 24.9. The predicted molar refractivity (Wildman–Crippen MR) is 48.1 cm³/mol. The molecule has 0 fully saturated rings. The summed E-state index contributed by atoms with van der Waals surface area (Å²) in [6.45, 7) is 1.76. The van der Waals surface area contributed by atoms with Gasteiger partial charge in [0.15, 0.2) is 0 Å². The Kier molecular flexibility index (Phi) is 3.16. The van der Waals surface area contributed by atoms with Crippen molar-refractivity contribution in [2.24, 2.45) is 0 Å². The minimum atomic E-state index is -2.71. The smallest absolute Gasteiger partial charge is 0.258 e. The Morgan fingerprint density at radius 3 is 2.36 bits per heavy atom. The lowest BCUT2D eigenvalue weighted by Gasteiger charge is -2.15. The molecule has 1 aliphatic heterocycles. The van der Waals surface area contributed by atoms with Gasteiger partial charge in [-0.1, -0.05) is 12.2 Å². The average molecular weight is 194 g/mol. The van der Waals surface area contributed by atoms with Crippen LogP contribution in [0.5, 0.6) is 0 Å². The van der Waals surface area contributed by atoms with Crippen molar-refractivity contribution in [1.29, 1.82) is 0 Å². The maximum atomic E-state index is 10.1. The van der Waals surface area contributed by atoms with Gasteiger partial charge >= 0.3 is 0 Å². The monoisotopic (exact) mass is 194 g/mol. The van der Waals surface area contributed by atoms with Crippen molar-refractivity contribution in [2.45, 2.75) is 12.4 Å². The van der Waals surface area contributed by atoms with Crippen molar-refractivity contribution in [3.8, 4) is 0 Å². The molecule has 0 aromatic heterocycles. The second-order valence-electron chi connectivity index (χ2n) is 2.06. The lowest BCUT2D eigenvalue weighted by Crippen LogP contribution is -2.03. The Balaban J connectivity index is 2.47. The highest BCUT2D eigenvalue weighted by Gasteiger charge is 2.10. The predicted octanol–water partition coefficient (Wildman–Crippen LogP) is 0.918. The van der Waals surface area contributed by atoms with Gasteiger partial charge < -0.3 is 0 Å². The molecule has 0 N–H and O–H groups in total. The van der Waals surface area contributed by atoms with E-state index in [0.717, 1.165) is 0 Å². The summed E-state index contributed by atoms with van der Waals surface area (Å²) in [6, 6.07) is 0. The number of allylic oxidation sites excluding steroid dienone is 2. The molecule has 0 bridgehead atoms. The fourth-order valence-electron chi connectivity index (χ4n) is 0.769. The van der Waals surface area contributed by atoms with Crippen molar-refractivity contribution in [3.05, 3.63) is 23.0 Å². The fourth-order valence-corrected chi connectivity index (χ4v) is 2.87. The van der Waals surface area contributed by atoms with Gasteiger partial charge in [0.05, 0.1) is 0 Å². The molecule has 64 valence electrons. The third kappa shape index (κ3) is 2.69. The zero-order chi connectivity index (χ0) is 8.27. The molecule has 1 aliphatic rings. The summed E-state index contributed by atoms with van der Waals surface area (Å²) in [5.74, 6) is 0. The van der Waals surface area contributed by atoms with Crippen LogP contribution < -0.4 is 0 Å². The van der Waals surface area contributed by atoms with Crippen molar-refractivity contribution in [2.75, 3.05) is 0 Å².